The fraction of sp³-hybridized carbons (Fsp3) is 0.643. The molecule has 2 aromatic heterocycles. The molecule has 6 nitrogen and oxygen atoms in total. The largest absolute Gasteiger partial charge is 0.376 e. The third-order valence-corrected chi connectivity index (χ3v) is 3.88. The molecule has 108 valence electrons. The molecular weight excluding hydrogens is 254 g/mol. The molecule has 0 amide bonds. The highest BCUT2D eigenvalue weighted by atomic mass is 16.5. The monoisotopic (exact) mass is 275 g/mol. The summed E-state index contributed by atoms with van der Waals surface area (Å²) < 4.78 is 10.0. The number of aryl methyl sites for hydroxylation is 2. The Bertz CT molecular complexity index is 546. The minimum atomic E-state index is -0.0477. The smallest absolute Gasteiger partial charge is 0.119 e. The lowest BCUT2D eigenvalue weighted by Crippen LogP contribution is -2.34. The maximum absolute atomic E-state index is 5.79. The van der Waals surface area contributed by atoms with Crippen molar-refractivity contribution in [2.24, 2.45) is 0 Å². The van der Waals surface area contributed by atoms with Crippen molar-refractivity contribution in [2.75, 3.05) is 6.61 Å². The van der Waals surface area contributed by atoms with Crippen molar-refractivity contribution in [3.05, 3.63) is 30.9 Å². The minimum Gasteiger partial charge on any atom is -0.376 e. The zero-order valence-electron chi connectivity index (χ0n) is 12.1. The molecular formula is C14H21N5O. The lowest BCUT2D eigenvalue weighted by atomic mass is 9.88. The minimum absolute atomic E-state index is 0.0477. The molecule has 1 aliphatic heterocycles. The summed E-state index contributed by atoms with van der Waals surface area (Å²) in [6.45, 7) is 6.89. The van der Waals surface area contributed by atoms with E-state index in [0.29, 0.717) is 5.92 Å². The Kier molecular flexibility index (Phi) is 3.56. The predicted octanol–water partition coefficient (Wildman–Crippen LogP) is 1.85. The predicted molar refractivity (Wildman–Crippen MR) is 74.3 cm³/mol. The van der Waals surface area contributed by atoms with Crippen molar-refractivity contribution in [1.29, 1.82) is 0 Å². The van der Waals surface area contributed by atoms with Crippen LogP contribution in [0.4, 0.5) is 0 Å². The second kappa shape index (κ2) is 5.36. The average molecular weight is 275 g/mol. The van der Waals surface area contributed by atoms with E-state index in [4.69, 9.17) is 4.74 Å². The van der Waals surface area contributed by atoms with Crippen molar-refractivity contribution in [3.63, 3.8) is 0 Å². The van der Waals surface area contributed by atoms with Crippen molar-refractivity contribution >= 4 is 0 Å². The van der Waals surface area contributed by atoms with Gasteiger partial charge in [-0.25, -0.2) is 4.98 Å². The van der Waals surface area contributed by atoms with E-state index in [1.54, 1.807) is 12.7 Å². The van der Waals surface area contributed by atoms with Gasteiger partial charge in [-0.15, -0.1) is 10.2 Å². The first kappa shape index (κ1) is 13.3. The summed E-state index contributed by atoms with van der Waals surface area (Å²) in [7, 11) is 0. The lowest BCUT2D eigenvalue weighted by molar-refractivity contribution is -0.0606. The fourth-order valence-corrected chi connectivity index (χ4v) is 2.88. The van der Waals surface area contributed by atoms with E-state index in [-0.39, 0.29) is 5.60 Å². The number of rotatable bonds is 4. The Balaban J connectivity index is 1.69. The van der Waals surface area contributed by atoms with Gasteiger partial charge in [-0.05, 0) is 26.7 Å². The van der Waals surface area contributed by atoms with Crippen molar-refractivity contribution in [2.45, 2.75) is 51.3 Å². The van der Waals surface area contributed by atoms with Crippen LogP contribution in [-0.2, 0) is 17.8 Å². The summed E-state index contributed by atoms with van der Waals surface area (Å²) in [5.41, 5.74) is -0.0477. The molecule has 0 aromatic carbocycles. The molecule has 0 bridgehead atoms. The van der Waals surface area contributed by atoms with Crippen LogP contribution in [0, 0.1) is 0 Å². The number of ether oxygens (including phenoxy) is 1. The first-order valence-corrected chi connectivity index (χ1v) is 7.11. The Morgan fingerprint density at radius 1 is 1.30 bits per heavy atom. The molecule has 0 saturated carbocycles. The van der Waals surface area contributed by atoms with E-state index in [1.165, 1.54) is 5.82 Å². The molecule has 0 aliphatic carbocycles. The number of nitrogens with zero attached hydrogens (tertiary/aromatic N) is 5. The summed E-state index contributed by atoms with van der Waals surface area (Å²) in [4.78, 5) is 4.57. The third-order valence-electron chi connectivity index (χ3n) is 3.88. The van der Waals surface area contributed by atoms with E-state index >= 15 is 0 Å². The van der Waals surface area contributed by atoms with Crippen molar-refractivity contribution in [1.82, 2.24) is 24.3 Å². The van der Waals surface area contributed by atoms with E-state index in [1.807, 2.05) is 10.8 Å². The van der Waals surface area contributed by atoms with Crippen LogP contribution < -0.4 is 0 Å². The van der Waals surface area contributed by atoms with Crippen LogP contribution >= 0.6 is 0 Å². The second-order valence-electron chi connectivity index (χ2n) is 5.98. The van der Waals surface area contributed by atoms with Gasteiger partial charge in [0.2, 0.25) is 0 Å². The Hall–Kier alpha value is -1.69. The van der Waals surface area contributed by atoms with Crippen molar-refractivity contribution in [3.8, 4) is 0 Å². The summed E-state index contributed by atoms with van der Waals surface area (Å²) in [6, 6.07) is 0. The van der Waals surface area contributed by atoms with Gasteiger partial charge < -0.3 is 13.9 Å². The van der Waals surface area contributed by atoms with Crippen LogP contribution in [0.25, 0.3) is 0 Å². The highest BCUT2D eigenvalue weighted by Gasteiger charge is 2.31. The fourth-order valence-electron chi connectivity index (χ4n) is 2.88. The molecule has 1 atom stereocenters. The molecule has 1 saturated heterocycles. The molecule has 0 unspecified atom stereocenters. The van der Waals surface area contributed by atoms with Gasteiger partial charge in [0.25, 0.3) is 0 Å². The zero-order valence-corrected chi connectivity index (χ0v) is 12.1. The van der Waals surface area contributed by atoms with Crippen LogP contribution in [0.1, 0.15) is 38.4 Å². The number of imidazole rings is 1. The molecule has 2 aromatic rings. The van der Waals surface area contributed by atoms with Crippen LogP contribution in [0.3, 0.4) is 0 Å². The third kappa shape index (κ3) is 2.90. The quantitative estimate of drug-likeness (QED) is 0.854. The van der Waals surface area contributed by atoms with Gasteiger partial charge in [0, 0.05) is 38.0 Å². The van der Waals surface area contributed by atoms with Crippen LogP contribution in [0.15, 0.2) is 25.0 Å². The average Bonchev–Trinajstić information content (AvgIpc) is 3.06. The summed E-state index contributed by atoms with van der Waals surface area (Å²) in [5, 5.41) is 7.65. The first-order valence-electron chi connectivity index (χ1n) is 7.11. The number of aromatic nitrogens is 5. The normalized spacial score (nSPS) is 22.0. The second-order valence-corrected chi connectivity index (χ2v) is 5.98. The molecule has 1 aliphatic rings. The SMILES string of the molecule is CC1(C)C[C@@H](c2nccn2CCn2cnnc2)CCO1. The number of hydrogen-bond donors (Lipinski definition) is 0. The Labute approximate surface area is 118 Å². The highest BCUT2D eigenvalue weighted by Crippen LogP contribution is 2.34. The van der Waals surface area contributed by atoms with Gasteiger partial charge in [0.15, 0.2) is 0 Å². The molecule has 20 heavy (non-hydrogen) atoms. The summed E-state index contributed by atoms with van der Waals surface area (Å²) >= 11 is 0. The summed E-state index contributed by atoms with van der Waals surface area (Å²) in [5.74, 6) is 1.66. The molecule has 1 fully saturated rings. The van der Waals surface area contributed by atoms with Gasteiger partial charge >= 0.3 is 0 Å². The van der Waals surface area contributed by atoms with E-state index in [0.717, 1.165) is 32.5 Å². The Morgan fingerprint density at radius 3 is 2.85 bits per heavy atom. The lowest BCUT2D eigenvalue weighted by Gasteiger charge is -2.35. The molecule has 3 rings (SSSR count). The standard InChI is InChI=1S/C14H21N5O/c1-14(2)9-12(3-8-20-14)13-15-4-5-19(13)7-6-18-10-16-17-11-18/h4-5,10-12H,3,6-9H2,1-2H3/t12-/m0/s1. The van der Waals surface area contributed by atoms with Crippen LogP contribution in [0.5, 0.6) is 0 Å². The van der Waals surface area contributed by atoms with Crippen LogP contribution in [0.2, 0.25) is 0 Å². The molecule has 6 heteroatoms. The molecule has 3 heterocycles. The molecule has 0 spiro atoms. The number of hydrogen-bond acceptors (Lipinski definition) is 4. The molecule has 0 N–H and O–H groups in total. The summed E-state index contributed by atoms with van der Waals surface area (Å²) in [6.07, 6.45) is 9.51. The van der Waals surface area contributed by atoms with Gasteiger partial charge in [0.1, 0.15) is 18.5 Å². The highest BCUT2D eigenvalue weighted by molar-refractivity contribution is 5.04. The Morgan fingerprint density at radius 2 is 2.10 bits per heavy atom. The van der Waals surface area contributed by atoms with Crippen molar-refractivity contribution < 1.29 is 4.74 Å². The van der Waals surface area contributed by atoms with Gasteiger partial charge in [-0.3, -0.25) is 0 Å². The van der Waals surface area contributed by atoms with Gasteiger partial charge in [-0.1, -0.05) is 0 Å². The van der Waals surface area contributed by atoms with Gasteiger partial charge in [0.05, 0.1) is 5.60 Å². The van der Waals surface area contributed by atoms with E-state index < -0.39 is 0 Å². The van der Waals surface area contributed by atoms with Crippen LogP contribution in [-0.4, -0.2) is 36.5 Å². The molecule has 0 radical (unpaired) electrons. The maximum Gasteiger partial charge on any atom is 0.119 e. The van der Waals surface area contributed by atoms with Gasteiger partial charge in [-0.2, -0.15) is 0 Å². The maximum atomic E-state index is 5.79. The first-order chi connectivity index (χ1) is 9.64. The topological polar surface area (TPSA) is 57.8 Å². The zero-order chi connectivity index (χ0) is 14.0. The van der Waals surface area contributed by atoms with E-state index in [9.17, 15) is 0 Å². The van der Waals surface area contributed by atoms with E-state index in [2.05, 4.69) is 39.8 Å².